The van der Waals surface area contributed by atoms with Crippen molar-refractivity contribution < 1.29 is 0 Å². The molecule has 100 valence electrons. The highest BCUT2D eigenvalue weighted by atomic mass is 15.2. The first kappa shape index (κ1) is 11.4. The van der Waals surface area contributed by atoms with Crippen LogP contribution < -0.4 is 5.32 Å². The number of nitrogens with zero attached hydrogens (tertiary/aromatic N) is 3. The standard InChI is InChI=1S/C15H20N4/c1-2-6-19-10-13(17-15(19)3-1)9-16-14-11-18-7-4-12(14)5-8-18/h1-3,6,10,12,14,16H,4-5,7-9,11H2. The van der Waals surface area contributed by atoms with Gasteiger partial charge >= 0.3 is 0 Å². The van der Waals surface area contributed by atoms with E-state index in [1.165, 1.54) is 32.5 Å². The fourth-order valence-electron chi connectivity index (χ4n) is 3.50. The van der Waals surface area contributed by atoms with Crippen LogP contribution in [0.3, 0.4) is 0 Å². The summed E-state index contributed by atoms with van der Waals surface area (Å²) in [7, 11) is 0. The number of nitrogens with one attached hydrogen (secondary N) is 1. The molecule has 2 bridgehead atoms. The summed E-state index contributed by atoms with van der Waals surface area (Å²) < 4.78 is 2.09. The van der Waals surface area contributed by atoms with Crippen molar-refractivity contribution in [3.05, 3.63) is 36.3 Å². The molecule has 4 heteroatoms. The van der Waals surface area contributed by atoms with Gasteiger partial charge in [0.25, 0.3) is 0 Å². The fourth-order valence-corrected chi connectivity index (χ4v) is 3.50. The highest BCUT2D eigenvalue weighted by Crippen LogP contribution is 2.27. The van der Waals surface area contributed by atoms with E-state index in [1.54, 1.807) is 0 Å². The molecule has 0 amide bonds. The lowest BCUT2D eigenvalue weighted by Crippen LogP contribution is -2.55. The Balaban J connectivity index is 1.44. The fraction of sp³-hybridized carbons (Fsp3) is 0.533. The van der Waals surface area contributed by atoms with Crippen molar-refractivity contribution in [2.75, 3.05) is 19.6 Å². The van der Waals surface area contributed by atoms with Crippen LogP contribution in [0.2, 0.25) is 0 Å². The van der Waals surface area contributed by atoms with Crippen molar-refractivity contribution in [1.82, 2.24) is 19.6 Å². The Morgan fingerprint density at radius 3 is 2.89 bits per heavy atom. The highest BCUT2D eigenvalue weighted by Gasteiger charge is 2.33. The average Bonchev–Trinajstić information content (AvgIpc) is 2.89. The molecule has 19 heavy (non-hydrogen) atoms. The Morgan fingerprint density at radius 1 is 1.26 bits per heavy atom. The van der Waals surface area contributed by atoms with Crippen molar-refractivity contribution in [3.8, 4) is 0 Å². The molecule has 1 N–H and O–H groups in total. The second-order valence-electron chi connectivity index (χ2n) is 5.82. The minimum absolute atomic E-state index is 0.660. The molecular formula is C15H20N4. The third kappa shape index (κ3) is 2.15. The van der Waals surface area contributed by atoms with Gasteiger partial charge < -0.3 is 14.6 Å². The SMILES string of the molecule is c1ccn2cc(CNC3CN4CCC3CC4)nc2c1. The molecule has 1 unspecified atom stereocenters. The molecule has 0 saturated carbocycles. The Hall–Kier alpha value is -1.39. The third-order valence-electron chi connectivity index (χ3n) is 4.62. The molecule has 5 rings (SSSR count). The molecule has 4 nitrogen and oxygen atoms in total. The van der Waals surface area contributed by atoms with E-state index in [0.29, 0.717) is 6.04 Å². The maximum Gasteiger partial charge on any atom is 0.137 e. The van der Waals surface area contributed by atoms with E-state index in [4.69, 9.17) is 0 Å². The molecule has 3 saturated heterocycles. The van der Waals surface area contributed by atoms with Crippen LogP contribution in [0, 0.1) is 5.92 Å². The Morgan fingerprint density at radius 2 is 2.16 bits per heavy atom. The maximum atomic E-state index is 4.65. The quantitative estimate of drug-likeness (QED) is 0.903. The number of imidazole rings is 1. The topological polar surface area (TPSA) is 32.6 Å². The van der Waals surface area contributed by atoms with E-state index in [-0.39, 0.29) is 0 Å². The van der Waals surface area contributed by atoms with E-state index in [2.05, 4.69) is 38.1 Å². The first-order chi connectivity index (χ1) is 9.38. The monoisotopic (exact) mass is 256 g/mol. The van der Waals surface area contributed by atoms with Gasteiger partial charge in [-0.2, -0.15) is 0 Å². The zero-order valence-corrected chi connectivity index (χ0v) is 11.1. The molecule has 0 aliphatic carbocycles. The third-order valence-corrected chi connectivity index (χ3v) is 4.62. The summed E-state index contributed by atoms with van der Waals surface area (Å²) in [5.41, 5.74) is 2.18. The first-order valence-electron chi connectivity index (χ1n) is 7.27. The van der Waals surface area contributed by atoms with Gasteiger partial charge in [0.05, 0.1) is 5.69 Å². The number of piperidine rings is 3. The van der Waals surface area contributed by atoms with Gasteiger partial charge in [-0.15, -0.1) is 0 Å². The van der Waals surface area contributed by atoms with Gasteiger partial charge in [-0.25, -0.2) is 4.98 Å². The van der Waals surface area contributed by atoms with Crippen LogP contribution in [0.5, 0.6) is 0 Å². The Bertz CT molecular complexity index is 535. The van der Waals surface area contributed by atoms with Crippen LogP contribution >= 0.6 is 0 Å². The summed E-state index contributed by atoms with van der Waals surface area (Å²) in [6, 6.07) is 6.79. The van der Waals surface area contributed by atoms with E-state index in [1.807, 2.05) is 12.1 Å². The lowest BCUT2D eigenvalue weighted by atomic mass is 9.84. The van der Waals surface area contributed by atoms with Crippen LogP contribution in [0.1, 0.15) is 18.5 Å². The molecule has 0 spiro atoms. The second kappa shape index (κ2) is 4.62. The zero-order valence-electron chi connectivity index (χ0n) is 11.1. The van der Waals surface area contributed by atoms with Crippen molar-refractivity contribution in [3.63, 3.8) is 0 Å². The van der Waals surface area contributed by atoms with Gasteiger partial charge in [0.2, 0.25) is 0 Å². The van der Waals surface area contributed by atoms with Gasteiger partial charge in [0, 0.05) is 31.5 Å². The van der Waals surface area contributed by atoms with E-state index in [9.17, 15) is 0 Å². The average molecular weight is 256 g/mol. The first-order valence-corrected chi connectivity index (χ1v) is 7.27. The normalized spacial score (nSPS) is 30.0. The minimum atomic E-state index is 0.660. The van der Waals surface area contributed by atoms with E-state index < -0.39 is 0 Å². The van der Waals surface area contributed by atoms with Crippen LogP contribution in [-0.4, -0.2) is 40.0 Å². The predicted molar refractivity (Wildman–Crippen MR) is 75.0 cm³/mol. The van der Waals surface area contributed by atoms with Crippen molar-refractivity contribution in [1.29, 1.82) is 0 Å². The van der Waals surface area contributed by atoms with Crippen LogP contribution in [0.25, 0.3) is 5.65 Å². The number of rotatable bonds is 3. The predicted octanol–water partition coefficient (Wildman–Crippen LogP) is 1.52. The van der Waals surface area contributed by atoms with Crippen LogP contribution in [0.15, 0.2) is 30.6 Å². The van der Waals surface area contributed by atoms with Gasteiger partial charge in [0.15, 0.2) is 0 Å². The molecule has 0 radical (unpaired) electrons. The molecular weight excluding hydrogens is 236 g/mol. The summed E-state index contributed by atoms with van der Waals surface area (Å²) in [6.07, 6.45) is 6.91. The van der Waals surface area contributed by atoms with E-state index >= 15 is 0 Å². The van der Waals surface area contributed by atoms with Crippen molar-refractivity contribution >= 4 is 5.65 Å². The van der Waals surface area contributed by atoms with Crippen LogP contribution in [0.4, 0.5) is 0 Å². The second-order valence-corrected chi connectivity index (χ2v) is 5.82. The molecule has 5 heterocycles. The smallest absolute Gasteiger partial charge is 0.137 e. The number of hydrogen-bond acceptors (Lipinski definition) is 3. The summed E-state index contributed by atoms with van der Waals surface area (Å²) in [5.74, 6) is 0.877. The number of fused-ring (bicyclic) bond motifs is 4. The van der Waals surface area contributed by atoms with Gasteiger partial charge in [-0.05, 0) is 44.0 Å². The van der Waals surface area contributed by atoms with Crippen molar-refractivity contribution in [2.24, 2.45) is 5.92 Å². The Kier molecular flexibility index (Phi) is 2.78. The molecule has 2 aromatic rings. The van der Waals surface area contributed by atoms with Crippen LogP contribution in [-0.2, 0) is 6.54 Å². The van der Waals surface area contributed by atoms with Gasteiger partial charge in [-0.1, -0.05) is 6.07 Å². The molecule has 0 aromatic carbocycles. The maximum absolute atomic E-state index is 4.65. The molecule has 3 aliphatic heterocycles. The summed E-state index contributed by atoms with van der Waals surface area (Å²) in [6.45, 7) is 4.71. The summed E-state index contributed by atoms with van der Waals surface area (Å²) in [4.78, 5) is 7.23. The molecule has 1 atom stereocenters. The summed E-state index contributed by atoms with van der Waals surface area (Å²) in [5, 5.41) is 3.71. The highest BCUT2D eigenvalue weighted by molar-refractivity contribution is 5.39. The number of pyridine rings is 1. The lowest BCUT2D eigenvalue weighted by molar-refractivity contribution is 0.0719. The number of hydrogen-bond donors (Lipinski definition) is 1. The van der Waals surface area contributed by atoms with Gasteiger partial charge in [-0.3, -0.25) is 0 Å². The van der Waals surface area contributed by atoms with Gasteiger partial charge in [0.1, 0.15) is 5.65 Å². The molecule has 3 fully saturated rings. The van der Waals surface area contributed by atoms with E-state index in [0.717, 1.165) is 23.8 Å². The minimum Gasteiger partial charge on any atom is -0.307 e. The largest absolute Gasteiger partial charge is 0.307 e. The molecule has 2 aromatic heterocycles. The summed E-state index contributed by atoms with van der Waals surface area (Å²) >= 11 is 0. The Labute approximate surface area is 113 Å². The van der Waals surface area contributed by atoms with Crippen molar-refractivity contribution in [2.45, 2.75) is 25.4 Å². The number of aromatic nitrogens is 2. The molecule has 3 aliphatic rings. The lowest BCUT2D eigenvalue weighted by Gasteiger charge is -2.45. The zero-order chi connectivity index (χ0) is 12.7.